The normalized spacial score (nSPS) is 14.8. The molecule has 1 amide bonds. The zero-order valence-corrected chi connectivity index (χ0v) is 19.5. The third-order valence-electron chi connectivity index (χ3n) is 6.34. The maximum Gasteiger partial charge on any atom is 0.296 e. The van der Waals surface area contributed by atoms with Gasteiger partial charge in [-0.1, -0.05) is 60.2 Å². The highest BCUT2D eigenvalue weighted by atomic mass is 16.5. The number of amides is 1. The van der Waals surface area contributed by atoms with Crippen LogP contribution in [-0.2, 0) is 6.61 Å². The van der Waals surface area contributed by atoms with E-state index in [2.05, 4.69) is 4.98 Å². The van der Waals surface area contributed by atoms with E-state index in [-0.39, 0.29) is 11.2 Å². The lowest BCUT2D eigenvalue weighted by Gasteiger charge is -2.24. The topological polar surface area (TPSA) is 72.6 Å². The van der Waals surface area contributed by atoms with Crippen LogP contribution in [0.2, 0.25) is 0 Å². The molecule has 6 nitrogen and oxygen atoms in total. The highest BCUT2D eigenvalue weighted by molar-refractivity contribution is 6.10. The summed E-state index contributed by atoms with van der Waals surface area (Å²) in [6.45, 7) is 2.32. The second-order valence-electron chi connectivity index (χ2n) is 8.79. The smallest absolute Gasteiger partial charge is 0.296 e. The Labute approximate surface area is 207 Å². The molecule has 0 aliphatic carbocycles. The van der Waals surface area contributed by atoms with Gasteiger partial charge in [-0.25, -0.2) is 4.98 Å². The van der Waals surface area contributed by atoms with E-state index in [0.29, 0.717) is 34.7 Å². The zero-order valence-electron chi connectivity index (χ0n) is 19.5. The van der Waals surface area contributed by atoms with Crippen molar-refractivity contribution in [1.82, 2.24) is 4.98 Å². The third-order valence-corrected chi connectivity index (χ3v) is 6.34. The van der Waals surface area contributed by atoms with Crippen LogP contribution in [0.15, 0.2) is 106 Å². The van der Waals surface area contributed by atoms with Crippen molar-refractivity contribution >= 4 is 22.7 Å². The van der Waals surface area contributed by atoms with Gasteiger partial charge in [0.05, 0.1) is 17.0 Å². The molecule has 0 bridgehead atoms. The predicted octanol–water partition coefficient (Wildman–Crippen LogP) is 5.83. The lowest BCUT2D eigenvalue weighted by molar-refractivity contribution is 0.0970. The summed E-state index contributed by atoms with van der Waals surface area (Å²) in [6.07, 6.45) is 1.62. The van der Waals surface area contributed by atoms with Gasteiger partial charge in [0.1, 0.15) is 23.8 Å². The minimum absolute atomic E-state index is 0.0441. The highest BCUT2D eigenvalue weighted by Crippen LogP contribution is 2.41. The maximum atomic E-state index is 13.8. The lowest BCUT2D eigenvalue weighted by atomic mass is 9.98. The zero-order chi connectivity index (χ0) is 24.6. The Morgan fingerprint density at radius 2 is 1.75 bits per heavy atom. The molecule has 1 aliphatic rings. The number of hydrogen-bond acceptors (Lipinski definition) is 5. The van der Waals surface area contributed by atoms with Gasteiger partial charge in [-0.3, -0.25) is 14.5 Å². The fourth-order valence-corrected chi connectivity index (χ4v) is 4.65. The van der Waals surface area contributed by atoms with Crippen LogP contribution in [0.3, 0.4) is 0 Å². The Kier molecular flexibility index (Phi) is 5.34. The van der Waals surface area contributed by atoms with E-state index in [4.69, 9.17) is 9.15 Å². The van der Waals surface area contributed by atoms with Crippen molar-refractivity contribution in [3.63, 3.8) is 0 Å². The minimum Gasteiger partial charge on any atom is -0.489 e. The molecule has 2 aromatic heterocycles. The molecule has 3 aromatic carbocycles. The molecule has 5 aromatic rings. The number of aromatic nitrogens is 1. The number of pyridine rings is 1. The molecule has 0 N–H and O–H groups in total. The number of nitrogens with zero attached hydrogens (tertiary/aromatic N) is 2. The van der Waals surface area contributed by atoms with Crippen LogP contribution in [0.5, 0.6) is 5.75 Å². The summed E-state index contributed by atoms with van der Waals surface area (Å²) in [7, 11) is 0. The fraction of sp³-hybridized carbons (Fsp3) is 0.100. The molecule has 0 spiro atoms. The van der Waals surface area contributed by atoms with Crippen LogP contribution >= 0.6 is 0 Å². The van der Waals surface area contributed by atoms with Gasteiger partial charge in [-0.15, -0.1) is 0 Å². The molecule has 1 atom stereocenters. The Morgan fingerprint density at radius 3 is 2.56 bits per heavy atom. The number of aryl methyl sites for hydroxylation is 1. The van der Waals surface area contributed by atoms with Gasteiger partial charge in [0, 0.05) is 6.20 Å². The molecule has 6 rings (SSSR count). The van der Waals surface area contributed by atoms with Crippen molar-refractivity contribution in [3.8, 4) is 5.75 Å². The average molecular weight is 475 g/mol. The molecule has 36 heavy (non-hydrogen) atoms. The quantitative estimate of drug-likeness (QED) is 0.321. The lowest BCUT2D eigenvalue weighted by Crippen LogP contribution is -2.30. The van der Waals surface area contributed by atoms with E-state index < -0.39 is 11.9 Å². The molecular weight excluding hydrogens is 452 g/mol. The first-order valence-corrected chi connectivity index (χ1v) is 11.7. The average Bonchev–Trinajstić information content (AvgIpc) is 3.21. The monoisotopic (exact) mass is 474 g/mol. The molecule has 176 valence electrons. The number of anilines is 1. The predicted molar refractivity (Wildman–Crippen MR) is 137 cm³/mol. The number of carbonyl (C=O) groups excluding carboxylic acids is 1. The van der Waals surface area contributed by atoms with E-state index >= 15 is 0 Å². The summed E-state index contributed by atoms with van der Waals surface area (Å²) >= 11 is 0. The Hall–Kier alpha value is -4.71. The number of hydrogen-bond donors (Lipinski definition) is 0. The van der Waals surface area contributed by atoms with Crippen LogP contribution in [0, 0.1) is 6.92 Å². The van der Waals surface area contributed by atoms with Gasteiger partial charge in [0.15, 0.2) is 5.43 Å². The van der Waals surface area contributed by atoms with Gasteiger partial charge in [-0.2, -0.15) is 0 Å². The van der Waals surface area contributed by atoms with Gasteiger partial charge in [0.25, 0.3) is 5.91 Å². The maximum absolute atomic E-state index is 13.8. The number of fused-ring (bicyclic) bond motifs is 2. The third kappa shape index (κ3) is 3.73. The standard InChI is InChI=1S/C30H22N2O4/c1-19-13-14-24-23(16-19)28(33)26-27(32(30(34)29(26)36-24)25-12-5-6-15-31-25)21-10-7-11-22(17-21)35-18-20-8-3-2-4-9-20/h2-17,27H,18H2,1H3. The summed E-state index contributed by atoms with van der Waals surface area (Å²) in [4.78, 5) is 33.4. The largest absolute Gasteiger partial charge is 0.489 e. The summed E-state index contributed by atoms with van der Waals surface area (Å²) < 4.78 is 12.1. The first-order chi connectivity index (χ1) is 17.6. The Morgan fingerprint density at radius 1 is 0.917 bits per heavy atom. The van der Waals surface area contributed by atoms with Crippen LogP contribution in [0.1, 0.15) is 38.9 Å². The van der Waals surface area contributed by atoms with Gasteiger partial charge in [0.2, 0.25) is 5.76 Å². The first-order valence-electron chi connectivity index (χ1n) is 11.7. The SMILES string of the molecule is Cc1ccc2oc3c(c(=O)c2c1)C(c1cccc(OCc2ccccc2)c1)N(c1ccccn1)C3=O. The minimum atomic E-state index is -0.705. The van der Waals surface area contributed by atoms with E-state index in [9.17, 15) is 9.59 Å². The second-order valence-corrected chi connectivity index (χ2v) is 8.79. The number of carbonyl (C=O) groups is 1. The number of benzene rings is 3. The van der Waals surface area contributed by atoms with Crippen molar-refractivity contribution in [1.29, 1.82) is 0 Å². The molecule has 1 unspecified atom stereocenters. The molecule has 0 fully saturated rings. The molecule has 1 aliphatic heterocycles. The number of ether oxygens (including phenoxy) is 1. The molecule has 6 heteroatoms. The van der Waals surface area contributed by atoms with Crippen LogP contribution in [0.25, 0.3) is 11.0 Å². The first kappa shape index (κ1) is 21.8. The molecule has 0 saturated heterocycles. The van der Waals surface area contributed by atoms with Crippen LogP contribution in [0.4, 0.5) is 5.82 Å². The van der Waals surface area contributed by atoms with Crippen LogP contribution < -0.4 is 15.1 Å². The second kappa shape index (κ2) is 8.82. The summed E-state index contributed by atoms with van der Waals surface area (Å²) in [5, 5.41) is 0.450. The molecule has 0 radical (unpaired) electrons. The van der Waals surface area contributed by atoms with Crippen molar-refractivity contribution in [3.05, 3.63) is 135 Å². The summed E-state index contributed by atoms with van der Waals surface area (Å²) in [5.41, 5.74) is 3.19. The van der Waals surface area contributed by atoms with E-state index in [1.807, 2.05) is 73.7 Å². The van der Waals surface area contributed by atoms with E-state index in [1.165, 1.54) is 4.90 Å². The molecule has 0 saturated carbocycles. The summed E-state index contributed by atoms with van der Waals surface area (Å²) in [6, 6.07) is 27.4. The number of rotatable bonds is 5. The Bertz CT molecular complexity index is 1650. The van der Waals surface area contributed by atoms with Crippen molar-refractivity contribution < 1.29 is 13.9 Å². The Balaban J connectivity index is 1.49. The van der Waals surface area contributed by atoms with Gasteiger partial charge < -0.3 is 9.15 Å². The summed E-state index contributed by atoms with van der Waals surface area (Å²) in [5.74, 6) is 0.722. The van der Waals surface area contributed by atoms with Crippen molar-refractivity contribution in [2.75, 3.05) is 4.90 Å². The van der Waals surface area contributed by atoms with Crippen LogP contribution in [-0.4, -0.2) is 10.9 Å². The highest BCUT2D eigenvalue weighted by Gasteiger charge is 2.44. The van der Waals surface area contributed by atoms with E-state index in [1.54, 1.807) is 30.5 Å². The molecular formula is C30H22N2O4. The fourth-order valence-electron chi connectivity index (χ4n) is 4.65. The van der Waals surface area contributed by atoms with E-state index in [0.717, 1.165) is 16.7 Å². The van der Waals surface area contributed by atoms with Crippen molar-refractivity contribution in [2.45, 2.75) is 19.6 Å². The molecule has 3 heterocycles. The van der Waals surface area contributed by atoms with Gasteiger partial charge >= 0.3 is 0 Å². The van der Waals surface area contributed by atoms with Gasteiger partial charge in [-0.05, 0) is 54.4 Å². The van der Waals surface area contributed by atoms with Crippen molar-refractivity contribution in [2.24, 2.45) is 0 Å².